The van der Waals surface area contributed by atoms with E-state index in [1.165, 1.54) is 16.8 Å². The fraction of sp³-hybridized carbons (Fsp3) is 0.296. The fourth-order valence-electron chi connectivity index (χ4n) is 5.39. The normalized spacial score (nSPS) is 21.8. The van der Waals surface area contributed by atoms with Crippen molar-refractivity contribution in [1.82, 2.24) is 4.90 Å². The van der Waals surface area contributed by atoms with E-state index >= 15 is 0 Å². The number of para-hydroxylation sites is 1. The van der Waals surface area contributed by atoms with Gasteiger partial charge in [0.15, 0.2) is 0 Å². The monoisotopic (exact) mass is 427 g/mol. The van der Waals surface area contributed by atoms with E-state index in [0.717, 1.165) is 30.8 Å². The Kier molecular flexibility index (Phi) is 5.14. The van der Waals surface area contributed by atoms with Gasteiger partial charge in [0.2, 0.25) is 0 Å². The van der Waals surface area contributed by atoms with Gasteiger partial charge < -0.3 is 9.64 Å². The molecule has 5 nitrogen and oxygen atoms in total. The molecular formula is C27H29N3O2. The van der Waals surface area contributed by atoms with E-state index in [1.807, 2.05) is 37.3 Å². The summed E-state index contributed by atoms with van der Waals surface area (Å²) in [5.74, 6) is 0.576. The Balaban J connectivity index is 1.35. The van der Waals surface area contributed by atoms with Gasteiger partial charge in [0.1, 0.15) is 5.75 Å². The number of aryl methyl sites for hydroxylation is 1. The summed E-state index contributed by atoms with van der Waals surface area (Å²) in [6.07, 6.45) is 0.888. The van der Waals surface area contributed by atoms with Crippen LogP contribution in [0.15, 0.2) is 72.8 Å². The quantitative estimate of drug-likeness (QED) is 0.593. The number of hydrogen-bond acceptors (Lipinski definition) is 4. The van der Waals surface area contributed by atoms with Crippen molar-refractivity contribution in [3.8, 4) is 5.75 Å². The SMILES string of the molecule is Cc1ccccc1NC(=O)Oc1ccc2c(c1)[C@]1(C)CCN(Cc3ccccc3)C1N2C. The minimum atomic E-state index is -0.468. The molecule has 1 N–H and O–H groups in total. The Hall–Kier alpha value is -3.31. The van der Waals surface area contributed by atoms with Gasteiger partial charge in [0, 0.05) is 36.9 Å². The van der Waals surface area contributed by atoms with Gasteiger partial charge in [-0.2, -0.15) is 0 Å². The predicted molar refractivity (Wildman–Crippen MR) is 128 cm³/mol. The van der Waals surface area contributed by atoms with Gasteiger partial charge in [-0.25, -0.2) is 4.79 Å². The zero-order valence-corrected chi connectivity index (χ0v) is 18.8. The van der Waals surface area contributed by atoms with Crippen LogP contribution in [0, 0.1) is 6.92 Å². The lowest BCUT2D eigenvalue weighted by molar-refractivity contribution is 0.213. The first-order chi connectivity index (χ1) is 15.5. The van der Waals surface area contributed by atoms with Crippen LogP contribution in [-0.2, 0) is 12.0 Å². The number of rotatable bonds is 4. The maximum Gasteiger partial charge on any atom is 0.417 e. The summed E-state index contributed by atoms with van der Waals surface area (Å²) in [6.45, 7) is 6.27. The third-order valence-corrected chi connectivity index (χ3v) is 6.99. The zero-order valence-electron chi connectivity index (χ0n) is 18.8. The molecule has 3 aromatic carbocycles. The van der Waals surface area contributed by atoms with Gasteiger partial charge in [-0.15, -0.1) is 0 Å². The molecule has 2 aliphatic heterocycles. The number of ether oxygens (including phenoxy) is 1. The molecule has 0 saturated carbocycles. The summed E-state index contributed by atoms with van der Waals surface area (Å²) in [5.41, 5.74) is 5.55. The van der Waals surface area contributed by atoms with Gasteiger partial charge in [-0.1, -0.05) is 55.5 Å². The van der Waals surface area contributed by atoms with Gasteiger partial charge in [-0.3, -0.25) is 10.2 Å². The molecule has 2 aliphatic rings. The molecule has 0 aromatic heterocycles. The van der Waals surface area contributed by atoms with Crippen LogP contribution in [-0.4, -0.2) is 30.8 Å². The van der Waals surface area contributed by atoms with Crippen LogP contribution < -0.4 is 15.0 Å². The number of anilines is 2. The summed E-state index contributed by atoms with van der Waals surface area (Å²) >= 11 is 0. The second kappa shape index (κ2) is 7.99. The van der Waals surface area contributed by atoms with E-state index in [2.05, 4.69) is 71.6 Å². The van der Waals surface area contributed by atoms with Crippen molar-refractivity contribution in [1.29, 1.82) is 0 Å². The summed E-state index contributed by atoms with van der Waals surface area (Å²) in [7, 11) is 2.17. The molecule has 5 heteroatoms. The minimum Gasteiger partial charge on any atom is -0.410 e. The Morgan fingerprint density at radius 1 is 1.09 bits per heavy atom. The second-order valence-corrected chi connectivity index (χ2v) is 9.12. The van der Waals surface area contributed by atoms with Gasteiger partial charge in [0.05, 0.1) is 6.17 Å². The number of likely N-dealkylation sites (N-methyl/N-ethyl adjacent to an activating group) is 1. The van der Waals surface area contributed by atoms with Crippen LogP contribution in [0.3, 0.4) is 0 Å². The van der Waals surface area contributed by atoms with Crippen molar-refractivity contribution >= 4 is 17.5 Å². The molecule has 5 rings (SSSR count). The number of carbonyl (C=O) groups is 1. The highest BCUT2D eigenvalue weighted by atomic mass is 16.6. The third kappa shape index (κ3) is 3.53. The Morgan fingerprint density at radius 3 is 2.62 bits per heavy atom. The van der Waals surface area contributed by atoms with E-state index in [9.17, 15) is 4.79 Å². The highest BCUT2D eigenvalue weighted by molar-refractivity contribution is 5.87. The molecule has 0 radical (unpaired) electrons. The number of nitrogens with zero attached hydrogens (tertiary/aromatic N) is 2. The molecular weight excluding hydrogens is 398 g/mol. The van der Waals surface area contributed by atoms with Crippen LogP contribution in [0.4, 0.5) is 16.2 Å². The zero-order chi connectivity index (χ0) is 22.3. The lowest BCUT2D eigenvalue weighted by Gasteiger charge is -2.34. The molecule has 0 aliphatic carbocycles. The highest BCUT2D eigenvalue weighted by Crippen LogP contribution is 2.52. The number of benzene rings is 3. The number of amides is 1. The van der Waals surface area contributed by atoms with Crippen LogP contribution in [0.2, 0.25) is 0 Å². The first-order valence-electron chi connectivity index (χ1n) is 11.2. The molecule has 164 valence electrons. The van der Waals surface area contributed by atoms with Crippen molar-refractivity contribution in [2.75, 3.05) is 23.8 Å². The van der Waals surface area contributed by atoms with E-state index in [1.54, 1.807) is 0 Å². The maximum atomic E-state index is 12.5. The molecule has 3 aromatic rings. The molecule has 1 fully saturated rings. The van der Waals surface area contributed by atoms with E-state index < -0.39 is 6.09 Å². The topological polar surface area (TPSA) is 44.8 Å². The number of carbonyl (C=O) groups excluding carboxylic acids is 1. The molecule has 1 unspecified atom stereocenters. The smallest absolute Gasteiger partial charge is 0.410 e. The van der Waals surface area contributed by atoms with Crippen molar-refractivity contribution < 1.29 is 9.53 Å². The maximum absolute atomic E-state index is 12.5. The molecule has 32 heavy (non-hydrogen) atoms. The minimum absolute atomic E-state index is 0.00920. The lowest BCUT2D eigenvalue weighted by atomic mass is 9.81. The molecule has 1 saturated heterocycles. The van der Waals surface area contributed by atoms with Gasteiger partial charge >= 0.3 is 6.09 Å². The molecule has 1 amide bonds. The standard InChI is InChI=1S/C27H29N3O2/c1-19-9-7-8-12-23(19)28-26(31)32-21-13-14-24-22(17-21)27(2)15-16-30(25(27)29(24)3)18-20-10-5-4-6-11-20/h4-14,17,25H,15-16,18H2,1-3H3,(H,28,31)/t25?,27-/m0/s1. The van der Waals surface area contributed by atoms with Crippen molar-refractivity contribution in [2.24, 2.45) is 0 Å². The second-order valence-electron chi connectivity index (χ2n) is 9.12. The predicted octanol–water partition coefficient (Wildman–Crippen LogP) is 5.55. The summed E-state index contributed by atoms with van der Waals surface area (Å²) in [5, 5.41) is 2.85. The fourth-order valence-corrected chi connectivity index (χ4v) is 5.39. The summed E-state index contributed by atoms with van der Waals surface area (Å²) in [6, 6.07) is 24.3. The number of fused-ring (bicyclic) bond motifs is 3. The average molecular weight is 428 g/mol. The average Bonchev–Trinajstić information content (AvgIpc) is 3.22. The Morgan fingerprint density at radius 2 is 1.84 bits per heavy atom. The van der Waals surface area contributed by atoms with Gasteiger partial charge in [-0.05, 0) is 54.3 Å². The third-order valence-electron chi connectivity index (χ3n) is 6.99. The van der Waals surface area contributed by atoms with E-state index in [4.69, 9.17) is 4.74 Å². The number of hydrogen-bond donors (Lipinski definition) is 1. The molecule has 2 atom stereocenters. The van der Waals surface area contributed by atoms with Crippen molar-refractivity contribution in [2.45, 2.75) is 38.4 Å². The lowest BCUT2D eigenvalue weighted by Crippen LogP contribution is -2.46. The molecule has 0 bridgehead atoms. The van der Waals surface area contributed by atoms with Crippen LogP contribution >= 0.6 is 0 Å². The molecule has 2 heterocycles. The van der Waals surface area contributed by atoms with E-state index in [-0.39, 0.29) is 11.6 Å². The largest absolute Gasteiger partial charge is 0.417 e. The van der Waals surface area contributed by atoms with Crippen LogP contribution in [0.1, 0.15) is 30.0 Å². The van der Waals surface area contributed by atoms with Crippen LogP contribution in [0.5, 0.6) is 5.75 Å². The highest BCUT2D eigenvalue weighted by Gasteiger charge is 2.53. The Bertz CT molecular complexity index is 1150. The van der Waals surface area contributed by atoms with Gasteiger partial charge in [0.25, 0.3) is 0 Å². The number of likely N-dealkylation sites (tertiary alicyclic amines) is 1. The first kappa shape index (κ1) is 20.6. The summed E-state index contributed by atoms with van der Waals surface area (Å²) < 4.78 is 5.67. The van der Waals surface area contributed by atoms with Crippen molar-refractivity contribution in [3.05, 3.63) is 89.5 Å². The summed E-state index contributed by atoms with van der Waals surface area (Å²) in [4.78, 5) is 17.4. The van der Waals surface area contributed by atoms with E-state index in [0.29, 0.717) is 5.75 Å². The molecule has 0 spiro atoms. The number of nitrogens with one attached hydrogen (secondary N) is 1. The first-order valence-corrected chi connectivity index (χ1v) is 11.2. The Labute approximate surface area is 189 Å². The van der Waals surface area contributed by atoms with Crippen molar-refractivity contribution in [3.63, 3.8) is 0 Å². The van der Waals surface area contributed by atoms with Crippen LogP contribution in [0.25, 0.3) is 0 Å².